The van der Waals surface area contributed by atoms with Gasteiger partial charge in [0.25, 0.3) is 0 Å². The fraction of sp³-hybridized carbons (Fsp3) is 0. The van der Waals surface area contributed by atoms with Crippen LogP contribution < -0.4 is 16.7 Å². The molecule has 0 amide bonds. The highest BCUT2D eigenvalue weighted by Crippen LogP contribution is 2.21. The van der Waals surface area contributed by atoms with E-state index >= 15 is 0 Å². The van der Waals surface area contributed by atoms with Gasteiger partial charge >= 0.3 is 0 Å². The van der Waals surface area contributed by atoms with Crippen LogP contribution in [0.2, 0.25) is 0 Å². The summed E-state index contributed by atoms with van der Waals surface area (Å²) in [5, 5.41) is 30.5. The Labute approximate surface area is 219 Å². The second-order valence-electron chi connectivity index (χ2n) is 7.69. The van der Waals surface area contributed by atoms with Crippen molar-refractivity contribution < 1.29 is 15.3 Å². The number of benzene rings is 3. The Balaban J connectivity index is 0.000000152. The topological polar surface area (TPSA) is 159 Å². The Morgan fingerprint density at radius 2 is 0.676 bits per heavy atom. The fourth-order valence-corrected chi connectivity index (χ4v) is 3.49. The van der Waals surface area contributed by atoms with Crippen molar-refractivity contribution in [1.29, 1.82) is 0 Å². The highest BCUT2D eigenvalue weighted by atomic mass is 27.0. The maximum Gasteiger partial charge on any atom is 0.248 e. The molecule has 6 N–H and O–H groups in total. The van der Waals surface area contributed by atoms with E-state index in [-0.39, 0.29) is 51.3 Å². The Kier molecular flexibility index (Phi) is 8.53. The van der Waals surface area contributed by atoms with Gasteiger partial charge in [0.15, 0.2) is 0 Å². The van der Waals surface area contributed by atoms with E-state index < -0.39 is 0 Å². The smallest absolute Gasteiger partial charge is 0.248 e. The lowest BCUT2D eigenvalue weighted by atomic mass is 10.2. The van der Waals surface area contributed by atoms with E-state index in [1.807, 2.05) is 18.2 Å². The van der Waals surface area contributed by atoms with Crippen LogP contribution >= 0.6 is 0 Å². The van der Waals surface area contributed by atoms with Gasteiger partial charge in [-0.3, -0.25) is 14.4 Å². The molecular formula is C27H21AlN3O6. The molecule has 183 valence electrons. The summed E-state index contributed by atoms with van der Waals surface area (Å²) in [6, 6.07) is 24.6. The van der Waals surface area contributed by atoms with Crippen molar-refractivity contribution in [3.63, 3.8) is 0 Å². The number of hydrogen-bond donors (Lipinski definition) is 6. The number of phenols is 3. The number of para-hydroxylation sites is 3. The van der Waals surface area contributed by atoms with Gasteiger partial charge in [0.2, 0.25) is 16.7 Å². The summed E-state index contributed by atoms with van der Waals surface area (Å²) in [6.45, 7) is 0. The van der Waals surface area contributed by atoms with E-state index in [4.69, 9.17) is 0 Å². The molecule has 3 aromatic carbocycles. The molecule has 0 atom stereocenters. The molecule has 0 aliphatic carbocycles. The lowest BCUT2D eigenvalue weighted by molar-refractivity contribution is 0.480. The van der Waals surface area contributed by atoms with Crippen molar-refractivity contribution in [1.82, 2.24) is 15.0 Å². The van der Waals surface area contributed by atoms with Gasteiger partial charge in [-0.1, -0.05) is 36.4 Å². The number of hydrogen-bond acceptors (Lipinski definition) is 6. The molecule has 9 nitrogen and oxygen atoms in total. The molecule has 0 fully saturated rings. The van der Waals surface area contributed by atoms with Gasteiger partial charge in [0.05, 0.1) is 16.6 Å². The fourth-order valence-electron chi connectivity index (χ4n) is 3.49. The second-order valence-corrected chi connectivity index (χ2v) is 7.69. The zero-order chi connectivity index (χ0) is 25.7. The Morgan fingerprint density at radius 3 is 0.946 bits per heavy atom. The maximum atomic E-state index is 10.9. The first-order valence-corrected chi connectivity index (χ1v) is 10.7. The quantitative estimate of drug-likeness (QED) is 0.172. The van der Waals surface area contributed by atoms with Gasteiger partial charge in [-0.2, -0.15) is 0 Å². The summed E-state index contributed by atoms with van der Waals surface area (Å²) in [4.78, 5) is 40.3. The van der Waals surface area contributed by atoms with E-state index in [0.717, 1.165) is 16.2 Å². The van der Waals surface area contributed by atoms with Gasteiger partial charge in [-0.05, 0) is 36.4 Å². The van der Waals surface area contributed by atoms with Gasteiger partial charge in [0.1, 0.15) is 17.2 Å². The summed E-state index contributed by atoms with van der Waals surface area (Å²) in [5.74, 6) is 0.306. The molecule has 6 rings (SSSR count). The predicted octanol–water partition coefficient (Wildman–Crippen LogP) is 3.32. The van der Waals surface area contributed by atoms with Crippen molar-refractivity contribution in [2.75, 3.05) is 0 Å². The molecule has 3 aromatic heterocycles. The number of aromatic hydroxyl groups is 3. The average Bonchev–Trinajstić information content (AvgIpc) is 2.87. The highest BCUT2D eigenvalue weighted by molar-refractivity contribution is 5.85. The summed E-state index contributed by atoms with van der Waals surface area (Å²) < 4.78 is 0. The normalized spacial score (nSPS) is 10.1. The van der Waals surface area contributed by atoms with Crippen LogP contribution in [-0.4, -0.2) is 47.6 Å². The third-order valence-corrected chi connectivity index (χ3v) is 5.21. The molecule has 0 aliphatic rings. The van der Waals surface area contributed by atoms with E-state index in [0.29, 0.717) is 16.6 Å². The van der Waals surface area contributed by atoms with E-state index in [2.05, 4.69) is 15.0 Å². The number of nitrogens with one attached hydrogen (secondary N) is 3. The summed E-state index contributed by atoms with van der Waals surface area (Å²) in [7, 11) is 0. The number of pyridine rings is 3. The molecule has 0 saturated carbocycles. The van der Waals surface area contributed by atoms with Crippen molar-refractivity contribution in [2.45, 2.75) is 0 Å². The molecule has 0 aliphatic heterocycles. The van der Waals surface area contributed by atoms with Crippen molar-refractivity contribution in [3.8, 4) is 17.2 Å². The predicted molar refractivity (Wildman–Crippen MR) is 144 cm³/mol. The Morgan fingerprint density at radius 1 is 0.405 bits per heavy atom. The molecular weight excluding hydrogens is 489 g/mol. The highest BCUT2D eigenvalue weighted by Gasteiger charge is 1.99. The number of aromatic amines is 3. The van der Waals surface area contributed by atoms with Crippen LogP contribution in [0, 0.1) is 0 Å². The van der Waals surface area contributed by atoms with Crippen molar-refractivity contribution >= 4 is 50.1 Å². The zero-order valence-corrected chi connectivity index (χ0v) is 20.5. The first-order valence-electron chi connectivity index (χ1n) is 10.7. The molecule has 3 heterocycles. The third kappa shape index (κ3) is 6.46. The standard InChI is InChI=1S/3C9H7NO2.Al/c3*11-7-3-1-2-6-4-5-8(12)10-9(6)7;/h3*1-5,11H,(H,10,12);. The molecule has 37 heavy (non-hydrogen) atoms. The molecule has 0 spiro atoms. The summed E-state index contributed by atoms with van der Waals surface area (Å²) >= 11 is 0. The van der Waals surface area contributed by atoms with Gasteiger partial charge in [0, 0.05) is 51.7 Å². The third-order valence-electron chi connectivity index (χ3n) is 5.21. The average molecular weight is 510 g/mol. The number of aromatic nitrogens is 3. The summed E-state index contributed by atoms with van der Waals surface area (Å²) in [5.41, 5.74) is 0.858. The largest absolute Gasteiger partial charge is 0.506 e. The molecule has 0 unspecified atom stereocenters. The van der Waals surface area contributed by atoms with Crippen LogP contribution in [-0.2, 0) is 0 Å². The zero-order valence-electron chi connectivity index (χ0n) is 19.3. The minimum atomic E-state index is -0.205. The lowest BCUT2D eigenvalue weighted by Gasteiger charge is -1.97. The molecule has 3 radical (unpaired) electrons. The number of H-pyrrole nitrogens is 3. The van der Waals surface area contributed by atoms with E-state index in [1.54, 1.807) is 36.4 Å². The Bertz CT molecular complexity index is 1640. The minimum absolute atomic E-state index is 0. The maximum absolute atomic E-state index is 10.9. The first-order chi connectivity index (χ1) is 17.3. The van der Waals surface area contributed by atoms with Crippen LogP contribution in [0.15, 0.2) is 105 Å². The molecule has 0 bridgehead atoms. The van der Waals surface area contributed by atoms with E-state index in [9.17, 15) is 29.7 Å². The molecule has 10 heteroatoms. The van der Waals surface area contributed by atoms with Crippen LogP contribution in [0.3, 0.4) is 0 Å². The van der Waals surface area contributed by atoms with Gasteiger partial charge in [-0.25, -0.2) is 0 Å². The van der Waals surface area contributed by atoms with Crippen molar-refractivity contribution in [3.05, 3.63) is 122 Å². The van der Waals surface area contributed by atoms with Crippen LogP contribution in [0.4, 0.5) is 0 Å². The monoisotopic (exact) mass is 510 g/mol. The van der Waals surface area contributed by atoms with Gasteiger partial charge in [-0.15, -0.1) is 0 Å². The number of phenolic OH excluding ortho intramolecular Hbond substituents is 3. The van der Waals surface area contributed by atoms with Crippen molar-refractivity contribution in [2.24, 2.45) is 0 Å². The Hall–Kier alpha value is -4.78. The number of rotatable bonds is 0. The van der Waals surface area contributed by atoms with Gasteiger partial charge < -0.3 is 30.3 Å². The lowest BCUT2D eigenvalue weighted by Crippen LogP contribution is -2.01. The molecule has 0 saturated heterocycles. The first kappa shape index (κ1) is 26.8. The summed E-state index contributed by atoms with van der Waals surface area (Å²) in [6.07, 6.45) is 0. The SMILES string of the molecule is O=c1ccc2cccc(O)c2[nH]1.O=c1ccc2cccc(O)c2[nH]1.O=c1ccc2cccc(O)c2[nH]1.[Al]. The van der Waals surface area contributed by atoms with Crippen LogP contribution in [0.25, 0.3) is 32.7 Å². The van der Waals surface area contributed by atoms with Crippen LogP contribution in [0.5, 0.6) is 17.2 Å². The minimum Gasteiger partial charge on any atom is -0.506 e. The van der Waals surface area contributed by atoms with Crippen LogP contribution in [0.1, 0.15) is 0 Å². The second kappa shape index (κ2) is 11.8. The molecule has 6 aromatic rings. The number of fused-ring (bicyclic) bond motifs is 3. The van der Waals surface area contributed by atoms with E-state index in [1.165, 1.54) is 36.4 Å².